The van der Waals surface area contributed by atoms with Crippen molar-refractivity contribution in [3.63, 3.8) is 0 Å². The molecule has 0 N–H and O–H groups in total. The summed E-state index contributed by atoms with van der Waals surface area (Å²) in [7, 11) is 0. The zero-order chi connectivity index (χ0) is 19.5. The van der Waals surface area contributed by atoms with Crippen LogP contribution in [0.15, 0.2) is 70.0 Å². The van der Waals surface area contributed by atoms with Crippen LogP contribution in [0.1, 0.15) is 25.0 Å². The molecule has 0 saturated heterocycles. The molecular weight excluding hydrogens is 348 g/mol. The van der Waals surface area contributed by atoms with E-state index in [4.69, 9.17) is 4.42 Å². The lowest BCUT2D eigenvalue weighted by Crippen LogP contribution is -2.21. The average Bonchev–Trinajstić information content (AvgIpc) is 2.73. The number of pyridine rings is 1. The molecule has 0 spiro atoms. The molecule has 4 heteroatoms. The molecule has 0 unspecified atom stereocenters. The molecule has 2 aromatic carbocycles. The summed E-state index contributed by atoms with van der Waals surface area (Å²) >= 11 is 0. The van der Waals surface area contributed by atoms with Gasteiger partial charge in [-0.3, -0.25) is 4.98 Å². The third kappa shape index (κ3) is 3.41. The van der Waals surface area contributed by atoms with Gasteiger partial charge >= 0.3 is 5.63 Å². The van der Waals surface area contributed by atoms with E-state index < -0.39 is 0 Å². The molecule has 28 heavy (non-hydrogen) atoms. The van der Waals surface area contributed by atoms with Crippen LogP contribution in [0, 0.1) is 0 Å². The molecule has 0 fully saturated rings. The van der Waals surface area contributed by atoms with Crippen LogP contribution >= 0.6 is 0 Å². The van der Waals surface area contributed by atoms with Crippen molar-refractivity contribution in [2.24, 2.45) is 0 Å². The van der Waals surface area contributed by atoms with Crippen LogP contribution in [-0.2, 0) is 0 Å². The first-order valence-corrected chi connectivity index (χ1v) is 9.54. The maximum absolute atomic E-state index is 12.5. The van der Waals surface area contributed by atoms with E-state index >= 15 is 0 Å². The smallest absolute Gasteiger partial charge is 0.343 e. The summed E-state index contributed by atoms with van der Waals surface area (Å²) in [6, 6.07) is 17.8. The number of para-hydroxylation sites is 1. The van der Waals surface area contributed by atoms with Crippen LogP contribution < -0.4 is 10.5 Å². The van der Waals surface area contributed by atoms with Gasteiger partial charge in [0.25, 0.3) is 0 Å². The van der Waals surface area contributed by atoms with Crippen LogP contribution in [0.2, 0.25) is 0 Å². The van der Waals surface area contributed by atoms with Gasteiger partial charge in [-0.25, -0.2) is 4.79 Å². The second kappa shape index (κ2) is 7.69. The third-order valence-corrected chi connectivity index (χ3v) is 5.00. The van der Waals surface area contributed by atoms with E-state index in [9.17, 15) is 4.79 Å². The number of hydrogen-bond acceptors (Lipinski definition) is 4. The predicted molar refractivity (Wildman–Crippen MR) is 117 cm³/mol. The minimum atomic E-state index is -0.334. The molecule has 0 saturated carbocycles. The first kappa shape index (κ1) is 18.0. The first-order valence-electron chi connectivity index (χ1n) is 9.54. The van der Waals surface area contributed by atoms with Crippen molar-refractivity contribution in [3.05, 3.63) is 82.3 Å². The molecule has 0 aliphatic heterocycles. The van der Waals surface area contributed by atoms with Crippen molar-refractivity contribution < 1.29 is 4.42 Å². The molecule has 0 bridgehead atoms. The molecule has 0 atom stereocenters. The maximum Gasteiger partial charge on any atom is 0.343 e. The molecule has 140 valence electrons. The average molecular weight is 370 g/mol. The second-order valence-corrected chi connectivity index (χ2v) is 6.63. The lowest BCUT2D eigenvalue weighted by molar-refractivity contribution is 0.559. The third-order valence-electron chi connectivity index (χ3n) is 5.00. The highest BCUT2D eigenvalue weighted by Gasteiger charge is 2.07. The standard InChI is InChI=1S/C24H22N2O2/c1-3-26(4-2)20-12-11-18-15-19(24(27)28-23(18)16-20)10-9-17-13-14-25-22-8-6-5-7-21(17)22/h5-16H,3-4H2,1-2H3/b10-9+. The lowest BCUT2D eigenvalue weighted by atomic mass is 10.1. The molecule has 4 nitrogen and oxygen atoms in total. The van der Waals surface area contributed by atoms with E-state index in [0.29, 0.717) is 11.1 Å². The summed E-state index contributed by atoms with van der Waals surface area (Å²) in [5, 5.41) is 1.96. The van der Waals surface area contributed by atoms with Crippen LogP contribution in [-0.4, -0.2) is 18.1 Å². The van der Waals surface area contributed by atoms with Crippen molar-refractivity contribution in [1.29, 1.82) is 0 Å². The summed E-state index contributed by atoms with van der Waals surface area (Å²) in [5.74, 6) is 0. The van der Waals surface area contributed by atoms with Gasteiger partial charge in [-0.05, 0) is 55.8 Å². The number of fused-ring (bicyclic) bond motifs is 2. The Morgan fingerprint density at radius 2 is 1.75 bits per heavy atom. The Hall–Kier alpha value is -3.40. The normalized spacial score (nSPS) is 11.5. The molecule has 2 heterocycles. The lowest BCUT2D eigenvalue weighted by Gasteiger charge is -2.20. The quantitative estimate of drug-likeness (QED) is 0.444. The fourth-order valence-electron chi connectivity index (χ4n) is 3.46. The Labute approximate surface area is 163 Å². The highest BCUT2D eigenvalue weighted by atomic mass is 16.4. The summed E-state index contributed by atoms with van der Waals surface area (Å²) in [6.07, 6.45) is 5.53. The minimum Gasteiger partial charge on any atom is -0.422 e. The summed E-state index contributed by atoms with van der Waals surface area (Å²) in [5.41, 5.74) is 3.82. The fourth-order valence-corrected chi connectivity index (χ4v) is 3.46. The molecular formula is C24H22N2O2. The van der Waals surface area contributed by atoms with Crippen LogP contribution in [0.4, 0.5) is 5.69 Å². The van der Waals surface area contributed by atoms with Crippen molar-refractivity contribution in [1.82, 2.24) is 4.98 Å². The monoisotopic (exact) mass is 370 g/mol. The number of rotatable bonds is 5. The van der Waals surface area contributed by atoms with Crippen LogP contribution in [0.3, 0.4) is 0 Å². The van der Waals surface area contributed by atoms with E-state index in [1.54, 1.807) is 6.20 Å². The van der Waals surface area contributed by atoms with E-state index in [0.717, 1.165) is 40.6 Å². The zero-order valence-corrected chi connectivity index (χ0v) is 16.1. The molecule has 4 aromatic rings. The SMILES string of the molecule is CCN(CC)c1ccc2cc(/C=C/c3ccnc4ccccc34)c(=O)oc2c1. The van der Waals surface area contributed by atoms with Gasteiger partial charge in [-0.15, -0.1) is 0 Å². The molecule has 4 rings (SSSR count). The van der Waals surface area contributed by atoms with Crippen molar-refractivity contribution in [2.45, 2.75) is 13.8 Å². The highest BCUT2D eigenvalue weighted by molar-refractivity contribution is 5.91. The second-order valence-electron chi connectivity index (χ2n) is 6.63. The van der Waals surface area contributed by atoms with Crippen molar-refractivity contribution >= 4 is 39.7 Å². The van der Waals surface area contributed by atoms with Crippen molar-refractivity contribution in [2.75, 3.05) is 18.0 Å². The Kier molecular flexibility index (Phi) is 4.94. The topological polar surface area (TPSA) is 46.3 Å². The molecule has 0 aliphatic carbocycles. The number of nitrogens with zero attached hydrogens (tertiary/aromatic N) is 2. The number of anilines is 1. The number of hydrogen-bond donors (Lipinski definition) is 0. The molecule has 0 radical (unpaired) electrons. The predicted octanol–water partition coefficient (Wildman–Crippen LogP) is 5.36. The summed E-state index contributed by atoms with van der Waals surface area (Å²) < 4.78 is 5.60. The highest BCUT2D eigenvalue weighted by Crippen LogP contribution is 2.23. The van der Waals surface area contributed by atoms with Gasteiger partial charge < -0.3 is 9.32 Å². The van der Waals surface area contributed by atoms with Gasteiger partial charge in [0.2, 0.25) is 0 Å². The number of benzene rings is 2. The van der Waals surface area contributed by atoms with Crippen LogP contribution in [0.25, 0.3) is 34.0 Å². The number of aromatic nitrogens is 1. The largest absolute Gasteiger partial charge is 0.422 e. The zero-order valence-electron chi connectivity index (χ0n) is 16.1. The molecule has 0 amide bonds. The summed E-state index contributed by atoms with van der Waals surface area (Å²) in [6.45, 7) is 6.04. The molecule has 2 aromatic heterocycles. The van der Waals surface area contributed by atoms with Crippen molar-refractivity contribution in [3.8, 4) is 0 Å². The van der Waals surface area contributed by atoms with E-state index in [1.165, 1.54) is 0 Å². The Balaban J connectivity index is 1.73. The summed E-state index contributed by atoms with van der Waals surface area (Å²) in [4.78, 5) is 19.1. The Morgan fingerprint density at radius 3 is 2.57 bits per heavy atom. The van der Waals surface area contributed by atoms with E-state index in [-0.39, 0.29) is 5.63 Å². The van der Waals surface area contributed by atoms with Crippen LogP contribution in [0.5, 0.6) is 0 Å². The van der Waals surface area contributed by atoms with Gasteiger partial charge in [0.05, 0.1) is 11.1 Å². The first-order chi connectivity index (χ1) is 13.7. The Bertz CT molecular complexity index is 1210. The van der Waals surface area contributed by atoms with Gasteiger partial charge in [0, 0.05) is 41.8 Å². The maximum atomic E-state index is 12.5. The van der Waals surface area contributed by atoms with Gasteiger partial charge in [-0.1, -0.05) is 24.3 Å². The van der Waals surface area contributed by atoms with E-state index in [2.05, 4.69) is 29.8 Å². The fraction of sp³-hybridized carbons (Fsp3) is 0.167. The van der Waals surface area contributed by atoms with Gasteiger partial charge in [0.1, 0.15) is 5.58 Å². The van der Waals surface area contributed by atoms with Gasteiger partial charge in [0.15, 0.2) is 0 Å². The van der Waals surface area contributed by atoms with Gasteiger partial charge in [-0.2, -0.15) is 0 Å². The molecule has 0 aliphatic rings. The Morgan fingerprint density at radius 1 is 0.964 bits per heavy atom. The van der Waals surface area contributed by atoms with E-state index in [1.807, 2.05) is 60.7 Å². The minimum absolute atomic E-state index is 0.334.